The van der Waals surface area contributed by atoms with E-state index in [4.69, 9.17) is 16.0 Å². The summed E-state index contributed by atoms with van der Waals surface area (Å²) in [5.41, 5.74) is 2.40. The number of aromatic nitrogens is 1. The average molecular weight is 492 g/mol. The molecule has 1 heterocycles. The smallest absolute Gasteiger partial charge is 0.273 e. The van der Waals surface area contributed by atoms with Gasteiger partial charge < -0.3 is 9.52 Å². The summed E-state index contributed by atoms with van der Waals surface area (Å²) in [5.74, 6) is -0.0180. The molecule has 4 rings (SSSR count). The van der Waals surface area contributed by atoms with Crippen LogP contribution in [0.5, 0.6) is 5.75 Å². The molecule has 35 heavy (non-hydrogen) atoms. The fourth-order valence-electron chi connectivity index (χ4n) is 3.62. The van der Waals surface area contributed by atoms with Gasteiger partial charge in [0.05, 0.1) is 11.0 Å². The van der Waals surface area contributed by atoms with Crippen molar-refractivity contribution in [1.82, 2.24) is 4.98 Å². The first kappa shape index (κ1) is 24.0. The topological polar surface area (TPSA) is 118 Å². The standard InChI is InChI=1S/C26H22ClN3O5/c1-2-3-8-23(32)28-26-24(16-9-11-17(27)12-10-16)29-25(35-26)21-7-5-4-6-19(21)20-14-13-18(30(33)34)15-22(20)31/h4-7,9-15,31H,2-3,8H2,1H3,(H,28,32). The minimum atomic E-state index is -0.574. The number of carbonyl (C=O) groups is 1. The molecular formula is C26H22ClN3O5. The fraction of sp³-hybridized carbons (Fsp3) is 0.154. The van der Waals surface area contributed by atoms with E-state index in [0.29, 0.717) is 39.4 Å². The van der Waals surface area contributed by atoms with Gasteiger partial charge in [0.1, 0.15) is 11.4 Å². The van der Waals surface area contributed by atoms with Crippen LogP contribution in [0.3, 0.4) is 0 Å². The number of hydrogen-bond acceptors (Lipinski definition) is 6. The zero-order chi connectivity index (χ0) is 24.9. The van der Waals surface area contributed by atoms with Crippen LogP contribution in [-0.4, -0.2) is 20.9 Å². The zero-order valence-electron chi connectivity index (χ0n) is 18.8. The number of rotatable bonds is 8. The summed E-state index contributed by atoms with van der Waals surface area (Å²) in [6, 6.07) is 18.0. The van der Waals surface area contributed by atoms with Gasteiger partial charge in [-0.25, -0.2) is 4.98 Å². The van der Waals surface area contributed by atoms with E-state index < -0.39 is 4.92 Å². The van der Waals surface area contributed by atoms with Gasteiger partial charge in [-0.1, -0.05) is 55.3 Å². The number of benzene rings is 3. The fourth-order valence-corrected chi connectivity index (χ4v) is 3.74. The van der Waals surface area contributed by atoms with Crippen molar-refractivity contribution in [2.75, 3.05) is 5.32 Å². The van der Waals surface area contributed by atoms with Crippen LogP contribution >= 0.6 is 11.6 Å². The molecule has 0 unspecified atom stereocenters. The van der Waals surface area contributed by atoms with Gasteiger partial charge in [-0.15, -0.1) is 0 Å². The van der Waals surface area contributed by atoms with Crippen molar-refractivity contribution in [3.05, 3.63) is 81.9 Å². The molecule has 0 fully saturated rings. The van der Waals surface area contributed by atoms with E-state index in [1.807, 2.05) is 6.92 Å². The molecule has 0 atom stereocenters. The molecule has 0 saturated heterocycles. The van der Waals surface area contributed by atoms with E-state index in [1.54, 1.807) is 48.5 Å². The van der Waals surface area contributed by atoms with Crippen LogP contribution in [0.2, 0.25) is 5.02 Å². The molecule has 9 heteroatoms. The molecular weight excluding hydrogens is 470 g/mol. The first-order valence-corrected chi connectivity index (χ1v) is 11.4. The summed E-state index contributed by atoms with van der Waals surface area (Å²) >= 11 is 6.04. The van der Waals surface area contributed by atoms with E-state index in [1.165, 1.54) is 12.1 Å². The highest BCUT2D eigenvalue weighted by atomic mass is 35.5. The number of nitro groups is 1. The Balaban J connectivity index is 1.81. The third-order valence-corrected chi connectivity index (χ3v) is 5.65. The molecule has 4 aromatic rings. The van der Waals surface area contributed by atoms with Crippen molar-refractivity contribution in [2.24, 2.45) is 0 Å². The molecule has 0 spiro atoms. The lowest BCUT2D eigenvalue weighted by Crippen LogP contribution is -2.11. The number of nitro benzene ring substituents is 1. The molecule has 178 valence electrons. The van der Waals surface area contributed by atoms with Crippen LogP contribution in [0.25, 0.3) is 33.8 Å². The summed E-state index contributed by atoms with van der Waals surface area (Å²) < 4.78 is 6.03. The van der Waals surface area contributed by atoms with Crippen molar-refractivity contribution in [2.45, 2.75) is 26.2 Å². The second kappa shape index (κ2) is 10.4. The molecule has 0 saturated carbocycles. The minimum Gasteiger partial charge on any atom is -0.507 e. The van der Waals surface area contributed by atoms with Crippen molar-refractivity contribution < 1.29 is 19.2 Å². The maximum Gasteiger partial charge on any atom is 0.273 e. The summed E-state index contributed by atoms with van der Waals surface area (Å²) in [6.45, 7) is 2.00. The predicted octanol–water partition coefficient (Wildman–Crippen LogP) is 7.07. The predicted molar refractivity (Wildman–Crippen MR) is 134 cm³/mol. The molecule has 3 aromatic carbocycles. The molecule has 1 amide bonds. The number of aromatic hydroxyl groups is 1. The van der Waals surface area contributed by atoms with E-state index in [9.17, 15) is 20.0 Å². The Labute approximate surface area is 206 Å². The summed E-state index contributed by atoms with van der Waals surface area (Å²) in [7, 11) is 0. The van der Waals surface area contributed by atoms with Gasteiger partial charge >= 0.3 is 0 Å². The van der Waals surface area contributed by atoms with Gasteiger partial charge in [-0.05, 0) is 36.2 Å². The van der Waals surface area contributed by atoms with Gasteiger partial charge in [0, 0.05) is 34.2 Å². The lowest BCUT2D eigenvalue weighted by molar-refractivity contribution is -0.384. The number of non-ortho nitro benzene ring substituents is 1. The van der Waals surface area contributed by atoms with Crippen LogP contribution in [-0.2, 0) is 4.79 Å². The molecule has 0 bridgehead atoms. The molecule has 0 radical (unpaired) electrons. The Morgan fingerprint density at radius 2 is 1.80 bits per heavy atom. The van der Waals surface area contributed by atoms with Crippen molar-refractivity contribution in [1.29, 1.82) is 0 Å². The van der Waals surface area contributed by atoms with Crippen molar-refractivity contribution in [3.63, 3.8) is 0 Å². The Bertz CT molecular complexity index is 1380. The molecule has 0 aliphatic carbocycles. The number of phenols is 1. The van der Waals surface area contributed by atoms with Gasteiger partial charge in [-0.3, -0.25) is 20.2 Å². The van der Waals surface area contributed by atoms with Crippen LogP contribution in [0.1, 0.15) is 26.2 Å². The Morgan fingerprint density at radius 3 is 2.46 bits per heavy atom. The summed E-state index contributed by atoms with van der Waals surface area (Å²) in [5, 5.41) is 24.9. The third-order valence-electron chi connectivity index (χ3n) is 5.39. The highest BCUT2D eigenvalue weighted by Gasteiger charge is 2.22. The molecule has 1 aromatic heterocycles. The lowest BCUT2D eigenvalue weighted by Gasteiger charge is -2.09. The number of nitrogens with zero attached hydrogens (tertiary/aromatic N) is 2. The number of phenolic OH excluding ortho intramolecular Hbond substituents is 1. The molecule has 8 nitrogen and oxygen atoms in total. The van der Waals surface area contributed by atoms with Gasteiger partial charge in [0.15, 0.2) is 0 Å². The number of carbonyl (C=O) groups excluding carboxylic acids is 1. The zero-order valence-corrected chi connectivity index (χ0v) is 19.6. The number of hydrogen-bond donors (Lipinski definition) is 2. The second-order valence-electron chi connectivity index (χ2n) is 7.86. The maximum atomic E-state index is 12.5. The molecule has 0 aliphatic heterocycles. The van der Waals surface area contributed by atoms with E-state index in [2.05, 4.69) is 10.3 Å². The minimum absolute atomic E-state index is 0.189. The van der Waals surface area contributed by atoms with Gasteiger partial charge in [0.25, 0.3) is 5.69 Å². The average Bonchev–Trinajstić information content (AvgIpc) is 3.26. The number of unbranched alkanes of at least 4 members (excludes halogenated alkanes) is 1. The lowest BCUT2D eigenvalue weighted by atomic mass is 9.98. The van der Waals surface area contributed by atoms with Crippen LogP contribution in [0.4, 0.5) is 11.6 Å². The summed E-state index contributed by atoms with van der Waals surface area (Å²) in [4.78, 5) is 27.6. The second-order valence-corrected chi connectivity index (χ2v) is 8.30. The number of nitrogens with one attached hydrogen (secondary N) is 1. The van der Waals surface area contributed by atoms with E-state index in [-0.39, 0.29) is 29.1 Å². The number of oxazole rings is 1. The van der Waals surface area contributed by atoms with Gasteiger partial charge in [-0.2, -0.15) is 0 Å². The largest absolute Gasteiger partial charge is 0.507 e. The quantitative estimate of drug-likeness (QED) is 0.201. The van der Waals surface area contributed by atoms with Gasteiger partial charge in [0.2, 0.25) is 17.7 Å². The first-order valence-electron chi connectivity index (χ1n) is 11.0. The SMILES string of the molecule is CCCCC(=O)Nc1oc(-c2ccccc2-c2ccc([N+](=O)[O-])cc2O)nc1-c1ccc(Cl)cc1. The third kappa shape index (κ3) is 5.33. The maximum absolute atomic E-state index is 12.5. The van der Waals surface area contributed by atoms with Crippen molar-refractivity contribution in [3.8, 4) is 39.6 Å². The highest BCUT2D eigenvalue weighted by Crippen LogP contribution is 2.40. The molecule has 0 aliphatic rings. The van der Waals surface area contributed by atoms with Crippen molar-refractivity contribution >= 4 is 29.1 Å². The van der Waals surface area contributed by atoms with E-state index >= 15 is 0 Å². The first-order chi connectivity index (χ1) is 16.9. The Morgan fingerprint density at radius 1 is 1.09 bits per heavy atom. The monoisotopic (exact) mass is 491 g/mol. The Hall–Kier alpha value is -4.17. The Kier molecular flexibility index (Phi) is 7.12. The molecule has 2 N–H and O–H groups in total. The summed E-state index contributed by atoms with van der Waals surface area (Å²) in [6.07, 6.45) is 1.97. The van der Waals surface area contributed by atoms with Crippen LogP contribution in [0.15, 0.2) is 71.1 Å². The van der Waals surface area contributed by atoms with Crippen LogP contribution < -0.4 is 5.32 Å². The normalized spacial score (nSPS) is 10.8. The van der Waals surface area contributed by atoms with Crippen LogP contribution in [0, 0.1) is 10.1 Å². The number of halogens is 1. The van der Waals surface area contributed by atoms with E-state index in [0.717, 1.165) is 18.9 Å². The number of amides is 1. The number of anilines is 1. The highest BCUT2D eigenvalue weighted by molar-refractivity contribution is 6.30.